The van der Waals surface area contributed by atoms with E-state index in [0.717, 1.165) is 0 Å². The molecule has 10 nitrogen and oxygen atoms in total. The Hall–Kier alpha value is -4.17. The van der Waals surface area contributed by atoms with E-state index in [1.54, 1.807) is 37.3 Å². The van der Waals surface area contributed by atoms with Gasteiger partial charge in [0.25, 0.3) is 0 Å². The molecule has 11 heteroatoms. The van der Waals surface area contributed by atoms with Gasteiger partial charge in [0.1, 0.15) is 12.3 Å². The molecule has 3 rings (SSSR count). The summed E-state index contributed by atoms with van der Waals surface area (Å²) in [4.78, 5) is 37.7. The molecule has 0 bridgehead atoms. The van der Waals surface area contributed by atoms with Gasteiger partial charge in [-0.25, -0.2) is 4.79 Å². The molecule has 168 valence electrons. The van der Waals surface area contributed by atoms with E-state index >= 15 is 0 Å². The van der Waals surface area contributed by atoms with Gasteiger partial charge in [0.2, 0.25) is 0 Å². The third-order valence-electron chi connectivity index (χ3n) is 4.41. The fourth-order valence-corrected chi connectivity index (χ4v) is 3.55. The maximum atomic E-state index is 11.8. The fraction of sp³-hybridized carbons (Fsp3) is 0.136. The van der Waals surface area contributed by atoms with E-state index in [1.165, 1.54) is 12.2 Å². The highest BCUT2D eigenvalue weighted by Crippen LogP contribution is 2.38. The first-order valence-corrected chi connectivity index (χ1v) is 10.4. The molecule has 0 spiro atoms. The lowest BCUT2D eigenvalue weighted by atomic mass is 10.1. The van der Waals surface area contributed by atoms with Crippen molar-refractivity contribution in [3.05, 3.63) is 94.2 Å². The van der Waals surface area contributed by atoms with Crippen LogP contribution >= 0.6 is 15.9 Å². The molecule has 0 saturated heterocycles. The number of nitriles is 1. The Balaban J connectivity index is 1.95. The van der Waals surface area contributed by atoms with Crippen LogP contribution in [0.4, 0.5) is 5.69 Å². The molecule has 2 aromatic carbocycles. The Morgan fingerprint density at radius 1 is 1.18 bits per heavy atom. The summed E-state index contributed by atoms with van der Waals surface area (Å²) in [6, 6.07) is 12.5. The van der Waals surface area contributed by atoms with Crippen LogP contribution in [0.15, 0.2) is 50.5 Å². The van der Waals surface area contributed by atoms with Crippen molar-refractivity contribution >= 4 is 33.8 Å². The van der Waals surface area contributed by atoms with Crippen LogP contribution < -0.4 is 20.7 Å². The van der Waals surface area contributed by atoms with Crippen molar-refractivity contribution < 1.29 is 14.4 Å². The van der Waals surface area contributed by atoms with Crippen molar-refractivity contribution in [2.24, 2.45) is 0 Å². The smallest absolute Gasteiger partial charge is 0.357 e. The summed E-state index contributed by atoms with van der Waals surface area (Å²) in [7, 11) is 0. The number of nitro groups is 1. The number of ether oxygens (including phenoxy) is 2. The lowest BCUT2D eigenvalue weighted by Gasteiger charge is -2.15. The van der Waals surface area contributed by atoms with Gasteiger partial charge in [-0.1, -0.05) is 24.3 Å². The average molecular weight is 513 g/mol. The van der Waals surface area contributed by atoms with Crippen molar-refractivity contribution in [3.8, 4) is 17.6 Å². The highest BCUT2D eigenvalue weighted by Gasteiger charge is 2.19. The van der Waals surface area contributed by atoms with Crippen LogP contribution in [0.1, 0.15) is 29.3 Å². The Kier molecular flexibility index (Phi) is 7.42. The standard InChI is InChI=1S/C22H17BrN4O6/c1-2-32-18-10-13(7-8-17-19(27(30)31)21(28)26-22(29)25-17)9-16(23)20(18)33-12-15-6-4-3-5-14(15)11-24/h3-10H,2,12H2,1H3,(H2,25,26,28,29)/b8-7+. The SMILES string of the molecule is CCOc1cc(/C=C/c2[nH]c(=O)[nH]c(=O)c2[N+](=O)[O-])cc(Br)c1OCc1ccccc1C#N. The largest absolute Gasteiger partial charge is 0.490 e. The predicted octanol–water partition coefficient (Wildman–Crippen LogP) is 3.75. The summed E-state index contributed by atoms with van der Waals surface area (Å²) in [5, 5.41) is 20.5. The second-order valence-corrected chi connectivity index (χ2v) is 7.44. The molecule has 0 aliphatic rings. The van der Waals surface area contributed by atoms with Crippen LogP contribution in [-0.2, 0) is 6.61 Å². The van der Waals surface area contributed by atoms with Gasteiger partial charge in [-0.2, -0.15) is 5.26 Å². The quantitative estimate of drug-likeness (QED) is 0.344. The number of hydrogen-bond donors (Lipinski definition) is 2. The van der Waals surface area contributed by atoms with Crippen molar-refractivity contribution in [2.75, 3.05) is 6.61 Å². The number of nitrogens with one attached hydrogen (secondary N) is 2. The van der Waals surface area contributed by atoms with Crippen molar-refractivity contribution in [1.82, 2.24) is 9.97 Å². The van der Waals surface area contributed by atoms with Crippen molar-refractivity contribution in [3.63, 3.8) is 0 Å². The second-order valence-electron chi connectivity index (χ2n) is 6.58. The number of aromatic amines is 2. The number of benzene rings is 2. The maximum absolute atomic E-state index is 11.8. The molecule has 0 amide bonds. The molecule has 0 radical (unpaired) electrons. The molecule has 3 aromatic rings. The van der Waals surface area contributed by atoms with Crippen molar-refractivity contribution in [1.29, 1.82) is 5.26 Å². The van der Waals surface area contributed by atoms with Crippen LogP contribution in [0.3, 0.4) is 0 Å². The van der Waals surface area contributed by atoms with Gasteiger partial charge in [-0.05, 0) is 52.7 Å². The molecule has 0 saturated carbocycles. The topological polar surface area (TPSA) is 151 Å². The zero-order valence-corrected chi connectivity index (χ0v) is 18.8. The van der Waals surface area contributed by atoms with Gasteiger partial charge in [0.05, 0.1) is 27.6 Å². The molecular weight excluding hydrogens is 496 g/mol. The van der Waals surface area contributed by atoms with Gasteiger partial charge >= 0.3 is 16.9 Å². The number of hydrogen-bond acceptors (Lipinski definition) is 7. The van der Waals surface area contributed by atoms with Gasteiger partial charge < -0.3 is 14.5 Å². The Labute approximate surface area is 195 Å². The average Bonchev–Trinajstić information content (AvgIpc) is 2.76. The van der Waals surface area contributed by atoms with E-state index in [9.17, 15) is 25.0 Å². The van der Waals surface area contributed by atoms with E-state index in [2.05, 4.69) is 27.0 Å². The zero-order valence-electron chi connectivity index (χ0n) is 17.3. The van der Waals surface area contributed by atoms with Crippen molar-refractivity contribution in [2.45, 2.75) is 13.5 Å². The first-order chi connectivity index (χ1) is 15.8. The van der Waals surface area contributed by atoms with Crippen LogP contribution in [0, 0.1) is 21.4 Å². The summed E-state index contributed by atoms with van der Waals surface area (Å²) in [6.45, 7) is 2.28. The highest BCUT2D eigenvalue weighted by molar-refractivity contribution is 9.10. The van der Waals surface area contributed by atoms with Crippen LogP contribution in [0.5, 0.6) is 11.5 Å². The monoisotopic (exact) mass is 512 g/mol. The minimum Gasteiger partial charge on any atom is -0.490 e. The lowest BCUT2D eigenvalue weighted by Crippen LogP contribution is -2.25. The van der Waals surface area contributed by atoms with E-state index in [1.807, 2.05) is 11.1 Å². The van der Waals surface area contributed by atoms with E-state index in [-0.39, 0.29) is 12.3 Å². The normalized spacial score (nSPS) is 10.7. The molecule has 0 fully saturated rings. The number of halogens is 1. The van der Waals surface area contributed by atoms with Gasteiger partial charge in [-0.15, -0.1) is 0 Å². The first kappa shape index (κ1) is 23.5. The Bertz CT molecular complexity index is 1390. The molecule has 2 N–H and O–H groups in total. The Morgan fingerprint density at radius 2 is 1.94 bits per heavy atom. The number of aromatic nitrogens is 2. The van der Waals surface area contributed by atoms with E-state index in [0.29, 0.717) is 39.3 Å². The van der Waals surface area contributed by atoms with Crippen LogP contribution in [0.25, 0.3) is 12.2 Å². The van der Waals surface area contributed by atoms with Gasteiger partial charge in [0.15, 0.2) is 11.5 Å². The summed E-state index contributed by atoms with van der Waals surface area (Å²) in [5.41, 5.74) is -1.19. The fourth-order valence-electron chi connectivity index (χ4n) is 2.97. The minimum atomic E-state index is -1.10. The number of rotatable bonds is 8. The molecule has 1 aromatic heterocycles. The van der Waals surface area contributed by atoms with Crippen LogP contribution in [0.2, 0.25) is 0 Å². The maximum Gasteiger partial charge on any atom is 0.357 e. The molecule has 0 aliphatic heterocycles. The molecule has 0 aliphatic carbocycles. The second kappa shape index (κ2) is 10.4. The molecule has 1 heterocycles. The number of nitrogens with zero attached hydrogens (tertiary/aromatic N) is 2. The van der Waals surface area contributed by atoms with E-state index in [4.69, 9.17) is 9.47 Å². The Morgan fingerprint density at radius 3 is 2.64 bits per heavy atom. The van der Waals surface area contributed by atoms with E-state index < -0.39 is 21.9 Å². The molecule has 0 unspecified atom stereocenters. The first-order valence-electron chi connectivity index (χ1n) is 9.60. The summed E-state index contributed by atoms with van der Waals surface area (Å²) in [6.07, 6.45) is 2.75. The van der Waals surface area contributed by atoms with Gasteiger partial charge in [-0.3, -0.25) is 19.9 Å². The lowest BCUT2D eigenvalue weighted by molar-refractivity contribution is -0.386. The molecule has 0 atom stereocenters. The summed E-state index contributed by atoms with van der Waals surface area (Å²) < 4.78 is 12.1. The van der Waals surface area contributed by atoms with Gasteiger partial charge in [0, 0.05) is 5.56 Å². The number of H-pyrrole nitrogens is 2. The third kappa shape index (κ3) is 5.55. The minimum absolute atomic E-state index is 0.137. The highest BCUT2D eigenvalue weighted by atomic mass is 79.9. The third-order valence-corrected chi connectivity index (χ3v) is 5.00. The zero-order chi connectivity index (χ0) is 24.0. The predicted molar refractivity (Wildman–Crippen MR) is 124 cm³/mol. The summed E-state index contributed by atoms with van der Waals surface area (Å²) in [5.74, 6) is 0.812. The van der Waals surface area contributed by atoms with Crippen LogP contribution in [-0.4, -0.2) is 21.5 Å². The molecule has 33 heavy (non-hydrogen) atoms. The molecular formula is C22H17BrN4O6. The summed E-state index contributed by atoms with van der Waals surface area (Å²) >= 11 is 3.44.